The second-order valence-corrected chi connectivity index (χ2v) is 6.78. The van der Waals surface area contributed by atoms with Gasteiger partial charge in [0.15, 0.2) is 5.17 Å². The lowest BCUT2D eigenvalue weighted by molar-refractivity contribution is -0.0908. The fraction of sp³-hybridized carbons (Fsp3) is 0.867. The highest BCUT2D eigenvalue weighted by atomic mass is 32.2. The molecule has 4 atom stereocenters. The monoisotopic (exact) mass is 345 g/mol. The molecule has 0 radical (unpaired) electrons. The van der Waals surface area contributed by atoms with Gasteiger partial charge in [-0.25, -0.2) is 4.79 Å². The van der Waals surface area contributed by atoms with Crippen LogP contribution in [0.5, 0.6) is 0 Å². The number of ether oxygens (including phenoxy) is 2. The third-order valence-corrected chi connectivity index (χ3v) is 5.45. The molecule has 2 aliphatic rings. The number of aliphatic hydroxyl groups is 1. The average molecular weight is 345 g/mol. The predicted molar refractivity (Wildman–Crippen MR) is 90.7 cm³/mol. The minimum Gasteiger partial charge on any atom is -0.447 e. The molecule has 0 bridgehead atoms. The number of aliphatic hydroxyl groups excluding tert-OH is 1. The van der Waals surface area contributed by atoms with Crippen LogP contribution in [0.15, 0.2) is 4.99 Å². The summed E-state index contributed by atoms with van der Waals surface area (Å²) in [5.74, 6) is 0. The van der Waals surface area contributed by atoms with E-state index in [-0.39, 0.29) is 30.3 Å². The van der Waals surface area contributed by atoms with Crippen LogP contribution < -0.4 is 0 Å². The molecule has 1 saturated heterocycles. The number of hydrogen-bond acceptors (Lipinski definition) is 7. The molecule has 0 aromatic heterocycles. The van der Waals surface area contributed by atoms with Crippen LogP contribution in [0.1, 0.15) is 27.2 Å². The molecule has 0 aliphatic carbocycles. The van der Waals surface area contributed by atoms with Gasteiger partial charge in [0.05, 0.1) is 12.2 Å². The zero-order valence-electron chi connectivity index (χ0n) is 14.3. The van der Waals surface area contributed by atoms with E-state index in [9.17, 15) is 9.90 Å². The van der Waals surface area contributed by atoms with Crippen molar-refractivity contribution in [1.29, 1.82) is 0 Å². The lowest BCUT2D eigenvalue weighted by Crippen LogP contribution is -2.46. The van der Waals surface area contributed by atoms with Gasteiger partial charge in [0.1, 0.15) is 18.1 Å². The Kier molecular flexibility index (Phi) is 6.55. The number of hydrogen-bond donors (Lipinski definition) is 1. The summed E-state index contributed by atoms with van der Waals surface area (Å²) in [5, 5.41) is 11.2. The Morgan fingerprint density at radius 1 is 1.39 bits per heavy atom. The van der Waals surface area contributed by atoms with E-state index in [2.05, 4.69) is 11.9 Å². The lowest BCUT2D eigenvalue weighted by Gasteiger charge is -2.34. The summed E-state index contributed by atoms with van der Waals surface area (Å²) >= 11 is 1.53. The number of thioether (sulfide) groups is 1. The number of amides is 1. The normalized spacial score (nSPS) is 29.7. The van der Waals surface area contributed by atoms with Crippen molar-refractivity contribution < 1.29 is 19.4 Å². The fourth-order valence-electron chi connectivity index (χ4n) is 2.59. The Bertz CT molecular complexity index is 444. The number of nitrogens with zero attached hydrogens (tertiary/aromatic N) is 3. The number of fused-ring (bicyclic) bond motifs is 1. The molecule has 2 heterocycles. The van der Waals surface area contributed by atoms with E-state index in [4.69, 9.17) is 9.47 Å². The first kappa shape index (κ1) is 18.4. The van der Waals surface area contributed by atoms with Gasteiger partial charge in [-0.1, -0.05) is 11.8 Å². The summed E-state index contributed by atoms with van der Waals surface area (Å²) < 4.78 is 11.3. The van der Waals surface area contributed by atoms with Crippen molar-refractivity contribution in [2.45, 2.75) is 50.9 Å². The van der Waals surface area contributed by atoms with E-state index < -0.39 is 6.10 Å². The molecule has 7 nitrogen and oxygen atoms in total. The van der Waals surface area contributed by atoms with Crippen molar-refractivity contribution in [3.63, 3.8) is 0 Å². The van der Waals surface area contributed by atoms with Crippen molar-refractivity contribution in [1.82, 2.24) is 9.80 Å². The maximum absolute atomic E-state index is 11.9. The number of amidine groups is 1. The van der Waals surface area contributed by atoms with Crippen LogP contribution in [0.25, 0.3) is 0 Å². The van der Waals surface area contributed by atoms with E-state index in [0.29, 0.717) is 19.5 Å². The van der Waals surface area contributed by atoms with Crippen LogP contribution in [-0.2, 0) is 9.47 Å². The van der Waals surface area contributed by atoms with Crippen LogP contribution in [0, 0.1) is 0 Å². The molecule has 1 amide bonds. The molecule has 0 spiro atoms. The van der Waals surface area contributed by atoms with Crippen molar-refractivity contribution in [2.24, 2.45) is 4.99 Å². The molecule has 0 aromatic rings. The minimum absolute atomic E-state index is 0.162. The maximum atomic E-state index is 11.9. The molecular formula is C15H27N3O4S. The molecule has 1 N–H and O–H groups in total. The smallest absolute Gasteiger partial charge is 0.409 e. The van der Waals surface area contributed by atoms with E-state index in [0.717, 1.165) is 11.7 Å². The molecule has 0 unspecified atom stereocenters. The predicted octanol–water partition coefficient (Wildman–Crippen LogP) is 1.36. The second-order valence-electron chi connectivity index (χ2n) is 5.71. The standard InChI is InChI=1S/C15H27N3O4S/c1-5-17(4)14-16-12-11(19)8-10(22-13(12)23-14)9-21-15(20)18(6-2)7-3/h10-13,19H,5-9H2,1-4H3/t10-,11-,12+,13+/m0/s1. The van der Waals surface area contributed by atoms with E-state index in [1.54, 1.807) is 4.90 Å². The van der Waals surface area contributed by atoms with Gasteiger partial charge >= 0.3 is 6.09 Å². The van der Waals surface area contributed by atoms with Crippen molar-refractivity contribution in [3.05, 3.63) is 0 Å². The summed E-state index contributed by atoms with van der Waals surface area (Å²) in [5.41, 5.74) is -0.208. The quantitative estimate of drug-likeness (QED) is 0.811. The first-order chi connectivity index (χ1) is 11.0. The van der Waals surface area contributed by atoms with Crippen LogP contribution in [0.2, 0.25) is 0 Å². The summed E-state index contributed by atoms with van der Waals surface area (Å²) in [4.78, 5) is 20.1. The third kappa shape index (κ3) is 4.30. The molecule has 0 saturated carbocycles. The summed E-state index contributed by atoms with van der Waals surface area (Å²) in [6.07, 6.45) is -0.766. The third-order valence-electron chi connectivity index (χ3n) is 4.20. The zero-order chi connectivity index (χ0) is 17.0. The van der Waals surface area contributed by atoms with Gasteiger partial charge in [-0.2, -0.15) is 0 Å². The molecule has 0 aromatic carbocycles. The highest BCUT2D eigenvalue weighted by Crippen LogP contribution is 2.37. The first-order valence-electron chi connectivity index (χ1n) is 8.20. The number of aliphatic imine (C=N–C) groups is 1. The number of rotatable bonds is 5. The zero-order valence-corrected chi connectivity index (χ0v) is 15.1. The summed E-state index contributed by atoms with van der Waals surface area (Å²) in [6.45, 7) is 8.12. The SMILES string of the molecule is CCN(C)C1=N[C@H]2[C@H](O[C@H](COC(=O)N(CC)CC)C[C@@H]2O)S1. The Morgan fingerprint density at radius 3 is 2.70 bits per heavy atom. The topological polar surface area (TPSA) is 74.6 Å². The van der Waals surface area contributed by atoms with E-state index >= 15 is 0 Å². The second kappa shape index (κ2) is 8.21. The lowest BCUT2D eigenvalue weighted by atomic mass is 10.0. The van der Waals surface area contributed by atoms with Gasteiger partial charge in [0, 0.05) is 33.1 Å². The van der Waals surface area contributed by atoms with Crippen LogP contribution in [-0.4, -0.2) is 83.1 Å². The van der Waals surface area contributed by atoms with Gasteiger partial charge in [-0.3, -0.25) is 4.99 Å². The molecule has 23 heavy (non-hydrogen) atoms. The van der Waals surface area contributed by atoms with Crippen LogP contribution >= 0.6 is 11.8 Å². The first-order valence-corrected chi connectivity index (χ1v) is 9.08. The highest BCUT2D eigenvalue weighted by Gasteiger charge is 2.43. The van der Waals surface area contributed by atoms with E-state index in [1.807, 2.05) is 25.8 Å². The van der Waals surface area contributed by atoms with Gasteiger partial charge in [-0.15, -0.1) is 0 Å². The summed E-state index contributed by atoms with van der Waals surface area (Å²) in [6, 6.07) is -0.237. The number of carbonyl (C=O) groups is 1. The van der Waals surface area contributed by atoms with Crippen molar-refractivity contribution in [3.8, 4) is 0 Å². The molecule has 2 aliphatic heterocycles. The van der Waals surface area contributed by atoms with Gasteiger partial charge in [0.2, 0.25) is 0 Å². The van der Waals surface area contributed by atoms with E-state index in [1.165, 1.54) is 11.8 Å². The van der Waals surface area contributed by atoms with Gasteiger partial charge in [-0.05, 0) is 20.8 Å². The minimum atomic E-state index is -0.568. The Hall–Kier alpha value is -0.990. The fourth-order valence-corrected chi connectivity index (χ4v) is 3.88. The van der Waals surface area contributed by atoms with Gasteiger partial charge in [0.25, 0.3) is 0 Å². The van der Waals surface area contributed by atoms with Crippen molar-refractivity contribution >= 4 is 23.0 Å². The molecule has 1 fully saturated rings. The Morgan fingerprint density at radius 2 is 2.09 bits per heavy atom. The Balaban J connectivity index is 1.87. The molecular weight excluding hydrogens is 318 g/mol. The molecule has 2 rings (SSSR count). The van der Waals surface area contributed by atoms with Crippen molar-refractivity contribution in [2.75, 3.05) is 33.3 Å². The summed E-state index contributed by atoms with van der Waals surface area (Å²) in [7, 11) is 1.97. The largest absolute Gasteiger partial charge is 0.447 e. The molecule has 8 heteroatoms. The highest BCUT2D eigenvalue weighted by molar-refractivity contribution is 8.14. The number of carbonyl (C=O) groups excluding carboxylic acids is 1. The average Bonchev–Trinajstić information content (AvgIpc) is 2.98. The Labute approximate surface area is 142 Å². The van der Waals surface area contributed by atoms with Gasteiger partial charge < -0.3 is 24.4 Å². The van der Waals surface area contributed by atoms with Crippen LogP contribution in [0.4, 0.5) is 4.79 Å². The molecule has 132 valence electrons. The van der Waals surface area contributed by atoms with Crippen LogP contribution in [0.3, 0.4) is 0 Å². The maximum Gasteiger partial charge on any atom is 0.409 e.